The van der Waals surface area contributed by atoms with E-state index >= 15 is 0 Å². The number of nitrogens with zero attached hydrogens (tertiary/aromatic N) is 3. The first-order valence-corrected chi connectivity index (χ1v) is 10.4. The third-order valence-electron chi connectivity index (χ3n) is 6.58. The molecule has 3 aromatic rings. The first-order valence-electron chi connectivity index (χ1n) is 10.4. The molecule has 3 N–H and O–H groups in total. The number of fused-ring (bicyclic) bond motifs is 3. The first kappa shape index (κ1) is 20.3. The van der Waals surface area contributed by atoms with Gasteiger partial charge in [-0.25, -0.2) is 9.97 Å². The normalized spacial score (nSPS) is 23.6. The molecule has 1 aliphatic carbocycles. The quantitative estimate of drug-likeness (QED) is 0.618. The summed E-state index contributed by atoms with van der Waals surface area (Å²) in [6.45, 7) is 4.54. The van der Waals surface area contributed by atoms with Gasteiger partial charge in [-0.2, -0.15) is 13.2 Å². The maximum absolute atomic E-state index is 12.2. The summed E-state index contributed by atoms with van der Waals surface area (Å²) in [7, 11) is 0. The van der Waals surface area contributed by atoms with Gasteiger partial charge in [0.1, 0.15) is 23.5 Å². The van der Waals surface area contributed by atoms with Gasteiger partial charge in [0.15, 0.2) is 0 Å². The van der Waals surface area contributed by atoms with Gasteiger partial charge in [0.25, 0.3) is 0 Å². The SMILES string of the molecule is Nc1ncnc2[nH]c(C(F)(F)F)cc12.c1ccc2c(c1)CC(N1C[C@H]3COC[C@H]3C1)C2. The van der Waals surface area contributed by atoms with Crippen LogP contribution in [-0.4, -0.2) is 52.2 Å². The zero-order valence-corrected chi connectivity index (χ0v) is 16.9. The van der Waals surface area contributed by atoms with Crippen LogP contribution in [0, 0.1) is 11.8 Å². The van der Waals surface area contributed by atoms with Crippen LogP contribution in [0.15, 0.2) is 36.7 Å². The van der Waals surface area contributed by atoms with Crippen LogP contribution in [0.2, 0.25) is 0 Å². The summed E-state index contributed by atoms with van der Waals surface area (Å²) in [5.41, 5.74) is 7.74. The number of nitrogen functional groups attached to an aromatic ring is 1. The maximum atomic E-state index is 12.2. The minimum absolute atomic E-state index is 0.0294. The number of nitrogens with one attached hydrogen (secondary N) is 1. The van der Waals surface area contributed by atoms with Crippen LogP contribution < -0.4 is 5.73 Å². The van der Waals surface area contributed by atoms with Crippen LogP contribution in [0.25, 0.3) is 11.0 Å². The number of rotatable bonds is 1. The molecule has 0 bridgehead atoms. The Kier molecular flexibility index (Phi) is 5.10. The van der Waals surface area contributed by atoms with Crippen molar-refractivity contribution in [3.05, 3.63) is 53.5 Å². The first-order chi connectivity index (χ1) is 14.9. The Morgan fingerprint density at radius 2 is 1.68 bits per heavy atom. The van der Waals surface area contributed by atoms with E-state index < -0.39 is 11.9 Å². The van der Waals surface area contributed by atoms with Crippen molar-refractivity contribution in [1.82, 2.24) is 19.9 Å². The number of benzene rings is 1. The Balaban J connectivity index is 0.000000135. The molecule has 2 fully saturated rings. The fourth-order valence-corrected chi connectivity index (χ4v) is 4.93. The van der Waals surface area contributed by atoms with E-state index in [2.05, 4.69) is 44.1 Å². The van der Waals surface area contributed by atoms with E-state index in [9.17, 15) is 13.2 Å². The van der Waals surface area contributed by atoms with Crippen molar-refractivity contribution >= 4 is 16.9 Å². The van der Waals surface area contributed by atoms with Gasteiger partial charge < -0.3 is 15.5 Å². The maximum Gasteiger partial charge on any atom is 0.431 e. The molecule has 4 heterocycles. The minimum atomic E-state index is -4.42. The largest absolute Gasteiger partial charge is 0.431 e. The number of nitrogens with two attached hydrogens (primary N) is 1. The number of anilines is 1. The zero-order chi connectivity index (χ0) is 21.6. The second-order valence-corrected chi connectivity index (χ2v) is 8.54. The number of alkyl halides is 3. The summed E-state index contributed by atoms with van der Waals surface area (Å²) in [5.74, 6) is 1.67. The number of H-pyrrole nitrogens is 1. The van der Waals surface area contributed by atoms with Gasteiger partial charge in [0, 0.05) is 31.0 Å². The fourth-order valence-electron chi connectivity index (χ4n) is 4.93. The van der Waals surface area contributed by atoms with Crippen molar-refractivity contribution in [3.63, 3.8) is 0 Å². The molecule has 0 radical (unpaired) electrons. The van der Waals surface area contributed by atoms with Gasteiger partial charge in [-0.3, -0.25) is 4.90 Å². The summed E-state index contributed by atoms with van der Waals surface area (Å²) in [4.78, 5) is 12.1. The Labute approximate surface area is 177 Å². The van der Waals surface area contributed by atoms with Crippen LogP contribution in [0.1, 0.15) is 16.8 Å². The van der Waals surface area contributed by atoms with Crippen LogP contribution in [0.5, 0.6) is 0 Å². The molecule has 0 spiro atoms. The predicted octanol–water partition coefficient (Wildman–Crippen LogP) is 3.29. The van der Waals surface area contributed by atoms with E-state index in [0.29, 0.717) is 0 Å². The molecule has 0 saturated carbocycles. The molecule has 164 valence electrons. The van der Waals surface area contributed by atoms with Crippen LogP contribution in [0.4, 0.5) is 19.0 Å². The molecule has 9 heteroatoms. The lowest BCUT2D eigenvalue weighted by molar-refractivity contribution is -0.140. The van der Waals surface area contributed by atoms with Gasteiger partial charge >= 0.3 is 6.18 Å². The second kappa shape index (κ2) is 7.80. The lowest BCUT2D eigenvalue weighted by Crippen LogP contribution is -2.35. The van der Waals surface area contributed by atoms with Crippen molar-refractivity contribution < 1.29 is 17.9 Å². The number of ether oxygens (including phenoxy) is 1. The Morgan fingerprint density at radius 3 is 2.26 bits per heavy atom. The van der Waals surface area contributed by atoms with Crippen LogP contribution in [0.3, 0.4) is 0 Å². The third kappa shape index (κ3) is 3.99. The van der Waals surface area contributed by atoms with E-state index in [1.807, 2.05) is 0 Å². The molecule has 0 unspecified atom stereocenters. The summed E-state index contributed by atoms with van der Waals surface area (Å²) in [5, 5.41) is 0.180. The van der Waals surface area contributed by atoms with Gasteiger partial charge in [-0.05, 0) is 30.0 Å². The van der Waals surface area contributed by atoms with E-state index in [-0.39, 0.29) is 16.9 Å². The average molecular weight is 431 g/mol. The number of halogens is 3. The highest BCUT2D eigenvalue weighted by Crippen LogP contribution is 2.34. The summed E-state index contributed by atoms with van der Waals surface area (Å²) in [6, 6.07) is 10.6. The summed E-state index contributed by atoms with van der Waals surface area (Å²) >= 11 is 0. The molecule has 31 heavy (non-hydrogen) atoms. The molecule has 2 atom stereocenters. The molecule has 6 nitrogen and oxygen atoms in total. The Hall–Kier alpha value is -2.65. The highest BCUT2D eigenvalue weighted by atomic mass is 19.4. The second-order valence-electron chi connectivity index (χ2n) is 8.54. The summed E-state index contributed by atoms with van der Waals surface area (Å²) in [6.07, 6.45) is -0.797. The predicted molar refractivity (Wildman–Crippen MR) is 110 cm³/mol. The molecule has 1 aromatic carbocycles. The van der Waals surface area contributed by atoms with Gasteiger partial charge in [-0.15, -0.1) is 0 Å². The number of likely N-dealkylation sites (tertiary alicyclic amines) is 1. The van der Waals surface area contributed by atoms with Crippen LogP contribution >= 0.6 is 0 Å². The van der Waals surface area contributed by atoms with E-state index in [1.54, 1.807) is 11.1 Å². The third-order valence-corrected chi connectivity index (χ3v) is 6.58. The van der Waals surface area contributed by atoms with Crippen molar-refractivity contribution in [1.29, 1.82) is 0 Å². The van der Waals surface area contributed by atoms with E-state index in [4.69, 9.17) is 10.5 Å². The number of aromatic nitrogens is 3. The number of hydrogen-bond acceptors (Lipinski definition) is 5. The molecule has 2 aromatic heterocycles. The molecular weight excluding hydrogens is 407 g/mol. The lowest BCUT2D eigenvalue weighted by atomic mass is 10.0. The molecule has 0 amide bonds. The topological polar surface area (TPSA) is 80.1 Å². The molecule has 3 aliphatic rings. The van der Waals surface area contributed by atoms with Crippen molar-refractivity contribution in [2.75, 3.05) is 32.0 Å². The fraction of sp³-hybridized carbons (Fsp3) is 0.455. The Morgan fingerprint density at radius 1 is 1.03 bits per heavy atom. The lowest BCUT2D eigenvalue weighted by Gasteiger charge is -2.24. The molecular formula is C22H24F3N5O. The highest BCUT2D eigenvalue weighted by Gasteiger charge is 2.40. The molecule has 6 rings (SSSR count). The number of hydrogen-bond donors (Lipinski definition) is 2. The zero-order valence-electron chi connectivity index (χ0n) is 16.9. The average Bonchev–Trinajstić information content (AvgIpc) is 3.48. The minimum Gasteiger partial charge on any atom is -0.383 e. The van der Waals surface area contributed by atoms with E-state index in [0.717, 1.165) is 43.5 Å². The molecule has 2 aliphatic heterocycles. The highest BCUT2D eigenvalue weighted by molar-refractivity contribution is 5.86. The summed E-state index contributed by atoms with van der Waals surface area (Å²) < 4.78 is 42.3. The van der Waals surface area contributed by atoms with Gasteiger partial charge in [0.05, 0.1) is 18.6 Å². The number of aromatic amines is 1. The van der Waals surface area contributed by atoms with Crippen molar-refractivity contribution in [2.45, 2.75) is 25.1 Å². The molecule has 2 saturated heterocycles. The standard InChI is InChI=1S/C15H19NO.C7H5F3N4/c1-2-4-12-6-15(5-11(12)3-1)16-7-13-9-17-10-14(13)8-16;8-7(9,10)4-1-3-5(11)12-2-13-6(3)14-4/h1-4,13-15H,5-10H2;1-2H,(H3,11,12,13,14)/t13-,14+;. The van der Waals surface area contributed by atoms with Crippen molar-refractivity contribution in [3.8, 4) is 0 Å². The smallest absolute Gasteiger partial charge is 0.383 e. The Bertz CT molecular complexity index is 1050. The van der Waals surface area contributed by atoms with Gasteiger partial charge in [0.2, 0.25) is 0 Å². The van der Waals surface area contributed by atoms with E-state index in [1.165, 1.54) is 25.9 Å². The van der Waals surface area contributed by atoms with Crippen molar-refractivity contribution in [2.24, 2.45) is 11.8 Å². The van der Waals surface area contributed by atoms with Crippen LogP contribution in [-0.2, 0) is 23.8 Å². The monoisotopic (exact) mass is 431 g/mol. The van der Waals surface area contributed by atoms with Gasteiger partial charge in [-0.1, -0.05) is 24.3 Å².